The molecule has 0 unspecified atom stereocenters. The van der Waals surface area contributed by atoms with E-state index in [1.165, 1.54) is 5.56 Å². The lowest BCUT2D eigenvalue weighted by molar-refractivity contribution is 0.0506. The first-order valence-electron chi connectivity index (χ1n) is 7.39. The fourth-order valence-corrected chi connectivity index (χ4v) is 2.92. The molecule has 1 heterocycles. The lowest BCUT2D eigenvalue weighted by atomic mass is 10.1. The summed E-state index contributed by atoms with van der Waals surface area (Å²) in [7, 11) is 0. The van der Waals surface area contributed by atoms with Gasteiger partial charge < -0.3 is 15.0 Å². The van der Waals surface area contributed by atoms with Gasteiger partial charge >= 0.3 is 6.09 Å². The molecule has 0 aliphatic heterocycles. The van der Waals surface area contributed by atoms with Gasteiger partial charge in [-0.15, -0.1) is 0 Å². The number of carbonyl (C=O) groups is 1. The molecule has 1 aliphatic carbocycles. The minimum atomic E-state index is -0.495. The zero-order valence-electron chi connectivity index (χ0n) is 13.0. The largest absolute Gasteiger partial charge is 0.444 e. The van der Waals surface area contributed by atoms with E-state index in [0.29, 0.717) is 5.56 Å². The quantitative estimate of drug-likeness (QED) is 0.849. The number of rotatable bonds is 1. The van der Waals surface area contributed by atoms with E-state index in [9.17, 15) is 4.79 Å². The number of ether oxygens (including phenoxy) is 1. The fraction of sp³-hybridized carbons (Fsp3) is 0.412. The fourth-order valence-electron chi connectivity index (χ4n) is 2.92. The Kier molecular flexibility index (Phi) is 3.32. The van der Waals surface area contributed by atoms with Crippen molar-refractivity contribution in [1.82, 2.24) is 10.3 Å². The van der Waals surface area contributed by atoms with Crippen molar-refractivity contribution >= 4 is 17.0 Å². The molecule has 1 atom stereocenters. The first kappa shape index (κ1) is 14.5. The number of nitrogens with zero attached hydrogens (tertiary/aromatic N) is 1. The van der Waals surface area contributed by atoms with Crippen LogP contribution in [0.5, 0.6) is 0 Å². The molecule has 0 bridgehead atoms. The summed E-state index contributed by atoms with van der Waals surface area (Å²) in [5.74, 6) is 0. The van der Waals surface area contributed by atoms with Crippen LogP contribution in [0, 0.1) is 11.3 Å². The summed E-state index contributed by atoms with van der Waals surface area (Å²) >= 11 is 0. The van der Waals surface area contributed by atoms with Crippen LogP contribution in [-0.2, 0) is 17.6 Å². The van der Waals surface area contributed by atoms with Crippen molar-refractivity contribution in [2.45, 2.75) is 45.3 Å². The molecule has 1 aromatic carbocycles. The minimum Gasteiger partial charge on any atom is -0.444 e. The van der Waals surface area contributed by atoms with Crippen LogP contribution >= 0.6 is 0 Å². The minimum absolute atomic E-state index is 0.0336. The van der Waals surface area contributed by atoms with Gasteiger partial charge in [0.1, 0.15) is 5.60 Å². The summed E-state index contributed by atoms with van der Waals surface area (Å²) in [5, 5.41) is 13.0. The van der Waals surface area contributed by atoms with Crippen molar-refractivity contribution < 1.29 is 9.53 Å². The van der Waals surface area contributed by atoms with Gasteiger partial charge in [-0.2, -0.15) is 5.26 Å². The van der Waals surface area contributed by atoms with Crippen molar-refractivity contribution in [1.29, 1.82) is 5.26 Å². The Morgan fingerprint density at radius 3 is 2.86 bits per heavy atom. The number of aromatic amines is 1. The zero-order valence-corrected chi connectivity index (χ0v) is 13.0. The number of carbonyl (C=O) groups excluding carboxylic acids is 1. The third kappa shape index (κ3) is 2.77. The van der Waals surface area contributed by atoms with Crippen LogP contribution in [-0.4, -0.2) is 22.7 Å². The van der Waals surface area contributed by atoms with Crippen molar-refractivity contribution in [2.75, 3.05) is 0 Å². The molecule has 0 saturated carbocycles. The Labute approximate surface area is 129 Å². The van der Waals surface area contributed by atoms with E-state index in [1.54, 1.807) is 0 Å². The second-order valence-corrected chi connectivity index (χ2v) is 6.71. The number of benzene rings is 1. The maximum absolute atomic E-state index is 11.9. The van der Waals surface area contributed by atoms with E-state index in [-0.39, 0.29) is 12.1 Å². The van der Waals surface area contributed by atoms with Crippen molar-refractivity contribution in [3.8, 4) is 6.07 Å². The molecule has 1 aromatic heterocycles. The van der Waals surface area contributed by atoms with Crippen LogP contribution < -0.4 is 5.32 Å². The van der Waals surface area contributed by atoms with Crippen molar-refractivity contribution in [2.24, 2.45) is 0 Å². The molecule has 0 saturated heterocycles. The lowest BCUT2D eigenvalue weighted by Crippen LogP contribution is -2.39. The summed E-state index contributed by atoms with van der Waals surface area (Å²) in [5.41, 5.74) is 3.52. The number of nitrogens with one attached hydrogen (secondary N) is 2. The van der Waals surface area contributed by atoms with Gasteiger partial charge in [0.25, 0.3) is 0 Å². The summed E-state index contributed by atoms with van der Waals surface area (Å²) in [6.07, 6.45) is 1.12. The number of alkyl carbamates (subject to hydrolysis) is 1. The van der Waals surface area contributed by atoms with Gasteiger partial charge in [-0.25, -0.2) is 4.79 Å². The average Bonchev–Trinajstić information content (AvgIpc) is 2.92. The van der Waals surface area contributed by atoms with E-state index in [2.05, 4.69) is 16.4 Å². The van der Waals surface area contributed by atoms with Crippen molar-refractivity contribution in [3.63, 3.8) is 0 Å². The molecule has 114 valence electrons. The van der Waals surface area contributed by atoms with Crippen molar-refractivity contribution in [3.05, 3.63) is 35.0 Å². The third-order valence-corrected chi connectivity index (χ3v) is 3.75. The normalized spacial score (nSPS) is 17.1. The summed E-state index contributed by atoms with van der Waals surface area (Å²) < 4.78 is 5.30. The highest BCUT2D eigenvalue weighted by Gasteiger charge is 2.28. The molecule has 1 aliphatic rings. The van der Waals surface area contributed by atoms with E-state index in [4.69, 9.17) is 10.00 Å². The van der Waals surface area contributed by atoms with Crippen LogP contribution in [0.3, 0.4) is 0 Å². The monoisotopic (exact) mass is 297 g/mol. The van der Waals surface area contributed by atoms with Gasteiger partial charge in [-0.1, -0.05) is 0 Å². The smallest absolute Gasteiger partial charge is 0.407 e. The number of hydrogen-bond acceptors (Lipinski definition) is 3. The van der Waals surface area contributed by atoms with Gasteiger partial charge in [0, 0.05) is 29.1 Å². The first-order valence-corrected chi connectivity index (χ1v) is 7.39. The zero-order chi connectivity index (χ0) is 15.9. The summed E-state index contributed by atoms with van der Waals surface area (Å²) in [4.78, 5) is 15.2. The van der Waals surface area contributed by atoms with E-state index < -0.39 is 5.60 Å². The number of hydrogen-bond donors (Lipinski definition) is 2. The van der Waals surface area contributed by atoms with Crippen LogP contribution in [0.4, 0.5) is 4.79 Å². The van der Waals surface area contributed by atoms with Crippen LogP contribution in [0.25, 0.3) is 10.9 Å². The number of amides is 1. The number of aromatic nitrogens is 1. The Morgan fingerprint density at radius 2 is 2.18 bits per heavy atom. The van der Waals surface area contributed by atoms with Crippen LogP contribution in [0.15, 0.2) is 18.2 Å². The Bertz CT molecular complexity index is 778. The Morgan fingerprint density at radius 1 is 1.41 bits per heavy atom. The predicted molar refractivity (Wildman–Crippen MR) is 83.6 cm³/mol. The number of H-pyrrole nitrogens is 1. The highest BCUT2D eigenvalue weighted by atomic mass is 16.6. The van der Waals surface area contributed by atoms with Crippen LogP contribution in [0.2, 0.25) is 0 Å². The van der Waals surface area contributed by atoms with E-state index >= 15 is 0 Å². The average molecular weight is 297 g/mol. The molecule has 1 amide bonds. The van der Waals surface area contributed by atoms with Crippen LogP contribution in [0.1, 0.15) is 37.6 Å². The molecule has 22 heavy (non-hydrogen) atoms. The standard InChI is InChI=1S/C17H19N3O2/c1-17(2,3)22-16(21)19-11-7-13-12-6-10(9-18)4-5-14(12)20-15(13)8-11/h4-6,11,20H,7-8H2,1-3H3,(H,19,21)/t11-/m0/s1. The summed E-state index contributed by atoms with van der Waals surface area (Å²) in [6.45, 7) is 5.54. The Balaban J connectivity index is 1.76. The van der Waals surface area contributed by atoms with Gasteiger partial charge in [0.05, 0.1) is 11.6 Å². The SMILES string of the molecule is CC(C)(C)OC(=O)N[C@@H]1Cc2[nH]c3ccc(C#N)cc3c2C1. The van der Waals surface area contributed by atoms with Gasteiger partial charge in [-0.05, 0) is 51.0 Å². The molecule has 5 nitrogen and oxygen atoms in total. The topological polar surface area (TPSA) is 77.9 Å². The molecule has 2 aromatic rings. The molecule has 2 N–H and O–H groups in total. The number of fused-ring (bicyclic) bond motifs is 3. The molecule has 0 fully saturated rings. The molecule has 3 rings (SSSR count). The predicted octanol–water partition coefficient (Wildman–Crippen LogP) is 3.03. The third-order valence-electron chi connectivity index (χ3n) is 3.75. The molecule has 0 spiro atoms. The molecule has 0 radical (unpaired) electrons. The Hall–Kier alpha value is -2.48. The van der Waals surface area contributed by atoms with Gasteiger partial charge in [0.15, 0.2) is 0 Å². The second-order valence-electron chi connectivity index (χ2n) is 6.71. The second kappa shape index (κ2) is 5.06. The summed E-state index contributed by atoms with van der Waals surface area (Å²) in [6, 6.07) is 7.85. The highest BCUT2D eigenvalue weighted by molar-refractivity contribution is 5.86. The molecular formula is C17H19N3O2. The highest BCUT2D eigenvalue weighted by Crippen LogP contribution is 2.30. The lowest BCUT2D eigenvalue weighted by Gasteiger charge is -2.21. The molecular weight excluding hydrogens is 278 g/mol. The first-order chi connectivity index (χ1) is 10.4. The maximum atomic E-state index is 11.9. The maximum Gasteiger partial charge on any atom is 0.407 e. The van der Waals surface area contributed by atoms with E-state index in [1.807, 2.05) is 39.0 Å². The molecule has 5 heteroatoms. The van der Waals surface area contributed by atoms with Gasteiger partial charge in [-0.3, -0.25) is 0 Å². The van der Waals surface area contributed by atoms with E-state index in [0.717, 1.165) is 29.4 Å². The number of nitriles is 1. The van der Waals surface area contributed by atoms with Gasteiger partial charge in [0.2, 0.25) is 0 Å².